The van der Waals surface area contributed by atoms with E-state index in [0.29, 0.717) is 11.5 Å². The summed E-state index contributed by atoms with van der Waals surface area (Å²) in [5, 5.41) is 7.83. The minimum Gasteiger partial charge on any atom is -0.339 e. The van der Waals surface area contributed by atoms with Crippen LogP contribution in [-0.4, -0.2) is 51.8 Å². The Morgan fingerprint density at radius 1 is 1.22 bits per heavy atom. The molecule has 1 fully saturated rings. The van der Waals surface area contributed by atoms with Gasteiger partial charge in [-0.15, -0.1) is 24.8 Å². The van der Waals surface area contributed by atoms with E-state index in [1.165, 1.54) is 0 Å². The lowest BCUT2D eigenvalue weighted by Gasteiger charge is -2.32. The van der Waals surface area contributed by atoms with E-state index in [4.69, 9.17) is 0 Å². The number of carbonyl (C=O) groups is 1. The molecule has 8 heteroatoms. The maximum Gasteiger partial charge on any atom is 0.255 e. The van der Waals surface area contributed by atoms with Crippen molar-refractivity contribution in [1.29, 1.82) is 0 Å². The number of nitrogens with one attached hydrogen (secondary N) is 1. The highest BCUT2D eigenvalue weighted by atomic mass is 35.5. The summed E-state index contributed by atoms with van der Waals surface area (Å²) in [6, 6.07) is 5.73. The van der Waals surface area contributed by atoms with Gasteiger partial charge >= 0.3 is 0 Å². The third kappa shape index (κ3) is 5.67. The third-order valence-electron chi connectivity index (χ3n) is 4.81. The van der Waals surface area contributed by atoms with Gasteiger partial charge in [-0.05, 0) is 63.9 Å². The van der Waals surface area contributed by atoms with Crippen LogP contribution in [0.25, 0.3) is 5.82 Å². The first kappa shape index (κ1) is 23.4. The highest BCUT2D eigenvalue weighted by Gasteiger charge is 2.23. The number of hydrogen-bond donors (Lipinski definition) is 1. The largest absolute Gasteiger partial charge is 0.339 e. The molecule has 0 aromatic carbocycles. The molecule has 0 unspecified atom stereocenters. The first-order chi connectivity index (χ1) is 12.1. The smallest absolute Gasteiger partial charge is 0.255 e. The van der Waals surface area contributed by atoms with Crippen LogP contribution in [0.5, 0.6) is 0 Å². The Kier molecular flexibility index (Phi) is 9.22. The van der Waals surface area contributed by atoms with Gasteiger partial charge in [0.25, 0.3) is 5.91 Å². The molecule has 0 spiro atoms. The number of amides is 1. The molecule has 0 saturated carbocycles. The quantitative estimate of drug-likeness (QED) is 0.817. The molecule has 0 radical (unpaired) electrons. The second-order valence-electron chi connectivity index (χ2n) is 6.79. The van der Waals surface area contributed by atoms with Crippen molar-refractivity contribution in [2.75, 3.05) is 26.2 Å². The van der Waals surface area contributed by atoms with Crippen molar-refractivity contribution in [1.82, 2.24) is 25.0 Å². The molecule has 1 N–H and O–H groups in total. The standard InChI is InChI=1S/C19H27N5O.2ClH/c1-4-20-12-16-7-9-23(10-8-16)19(25)17-5-6-18(21-13-17)24-15(3)11-14(2)22-24;;/h5-6,11,13,16,20H,4,7-10,12H2,1-3H3;2*1H. The van der Waals surface area contributed by atoms with Crippen LogP contribution in [0.4, 0.5) is 0 Å². The highest BCUT2D eigenvalue weighted by Crippen LogP contribution is 2.19. The maximum atomic E-state index is 12.7. The van der Waals surface area contributed by atoms with Crippen molar-refractivity contribution in [3.05, 3.63) is 41.3 Å². The van der Waals surface area contributed by atoms with E-state index in [2.05, 4.69) is 22.3 Å². The minimum absolute atomic E-state index is 0. The Balaban J connectivity index is 0.00000182. The topological polar surface area (TPSA) is 63.1 Å². The molecule has 27 heavy (non-hydrogen) atoms. The number of aromatic nitrogens is 3. The van der Waals surface area contributed by atoms with Crippen LogP contribution in [0, 0.1) is 19.8 Å². The fourth-order valence-corrected chi connectivity index (χ4v) is 3.37. The number of aryl methyl sites for hydroxylation is 2. The number of pyridine rings is 1. The van der Waals surface area contributed by atoms with Gasteiger partial charge in [-0.25, -0.2) is 9.67 Å². The Morgan fingerprint density at radius 2 is 1.93 bits per heavy atom. The SMILES string of the molecule is CCNCC1CCN(C(=O)c2ccc(-n3nc(C)cc3C)nc2)CC1.Cl.Cl. The first-order valence-electron chi connectivity index (χ1n) is 9.08. The molecule has 0 atom stereocenters. The lowest BCUT2D eigenvalue weighted by molar-refractivity contribution is 0.0690. The minimum atomic E-state index is 0. The molecule has 1 aliphatic rings. The van der Waals surface area contributed by atoms with E-state index in [9.17, 15) is 4.79 Å². The number of likely N-dealkylation sites (tertiary alicyclic amines) is 1. The summed E-state index contributed by atoms with van der Waals surface area (Å²) >= 11 is 0. The van der Waals surface area contributed by atoms with Crippen molar-refractivity contribution in [3.63, 3.8) is 0 Å². The van der Waals surface area contributed by atoms with Crippen LogP contribution in [0.3, 0.4) is 0 Å². The van der Waals surface area contributed by atoms with Gasteiger partial charge in [0.1, 0.15) is 0 Å². The Morgan fingerprint density at radius 3 is 2.44 bits per heavy atom. The molecule has 1 saturated heterocycles. The molecule has 2 aromatic rings. The maximum absolute atomic E-state index is 12.7. The average Bonchev–Trinajstić information content (AvgIpc) is 2.98. The molecule has 0 bridgehead atoms. The van der Waals surface area contributed by atoms with E-state index >= 15 is 0 Å². The van der Waals surface area contributed by atoms with Crippen molar-refractivity contribution < 1.29 is 4.79 Å². The van der Waals surface area contributed by atoms with Gasteiger partial charge in [0, 0.05) is 25.0 Å². The summed E-state index contributed by atoms with van der Waals surface area (Å²) in [6.07, 6.45) is 3.80. The van der Waals surface area contributed by atoms with E-state index in [1.807, 2.05) is 36.9 Å². The third-order valence-corrected chi connectivity index (χ3v) is 4.81. The van der Waals surface area contributed by atoms with Crippen LogP contribution < -0.4 is 5.32 Å². The predicted octanol–water partition coefficient (Wildman–Crippen LogP) is 3.19. The zero-order chi connectivity index (χ0) is 17.8. The molecular formula is C19H29Cl2N5O. The van der Waals surface area contributed by atoms with Gasteiger partial charge in [-0.2, -0.15) is 5.10 Å². The summed E-state index contributed by atoms with van der Waals surface area (Å²) in [7, 11) is 0. The lowest BCUT2D eigenvalue weighted by Crippen LogP contribution is -2.40. The number of carbonyl (C=O) groups excluding carboxylic acids is 1. The molecule has 1 aliphatic heterocycles. The Hall–Kier alpha value is -1.63. The monoisotopic (exact) mass is 413 g/mol. The average molecular weight is 414 g/mol. The van der Waals surface area contributed by atoms with Crippen molar-refractivity contribution >= 4 is 30.7 Å². The van der Waals surface area contributed by atoms with Crippen LogP contribution in [0.2, 0.25) is 0 Å². The molecular weight excluding hydrogens is 385 g/mol. The van der Waals surface area contributed by atoms with Crippen LogP contribution in [-0.2, 0) is 0 Å². The number of halogens is 2. The second kappa shape index (κ2) is 10.6. The Bertz CT molecular complexity index is 724. The van der Waals surface area contributed by atoms with Crippen molar-refractivity contribution in [3.8, 4) is 5.82 Å². The van der Waals surface area contributed by atoms with E-state index in [0.717, 1.165) is 56.2 Å². The first-order valence-corrected chi connectivity index (χ1v) is 9.08. The van der Waals surface area contributed by atoms with Crippen molar-refractivity contribution in [2.45, 2.75) is 33.6 Å². The molecule has 3 heterocycles. The zero-order valence-corrected chi connectivity index (χ0v) is 17.8. The van der Waals surface area contributed by atoms with E-state index in [1.54, 1.807) is 10.9 Å². The zero-order valence-electron chi connectivity index (χ0n) is 16.1. The number of rotatable bonds is 5. The molecule has 150 valence electrons. The Labute approximate surface area is 173 Å². The summed E-state index contributed by atoms with van der Waals surface area (Å²) < 4.78 is 1.80. The molecule has 6 nitrogen and oxygen atoms in total. The van der Waals surface area contributed by atoms with Gasteiger partial charge < -0.3 is 10.2 Å². The summed E-state index contributed by atoms with van der Waals surface area (Å²) in [5.41, 5.74) is 2.64. The van der Waals surface area contributed by atoms with Gasteiger partial charge in [-0.3, -0.25) is 4.79 Å². The molecule has 0 aliphatic carbocycles. The number of nitrogens with zero attached hydrogens (tertiary/aromatic N) is 4. The van der Waals surface area contributed by atoms with Gasteiger partial charge in [0.05, 0.1) is 11.3 Å². The predicted molar refractivity (Wildman–Crippen MR) is 113 cm³/mol. The fraction of sp³-hybridized carbons (Fsp3) is 0.526. The van der Waals surface area contributed by atoms with Gasteiger partial charge in [-0.1, -0.05) is 6.92 Å². The second-order valence-corrected chi connectivity index (χ2v) is 6.79. The van der Waals surface area contributed by atoms with Gasteiger partial charge in [0.2, 0.25) is 0 Å². The lowest BCUT2D eigenvalue weighted by atomic mass is 9.96. The molecule has 2 aromatic heterocycles. The summed E-state index contributed by atoms with van der Waals surface area (Å²) in [4.78, 5) is 19.1. The van der Waals surface area contributed by atoms with Crippen LogP contribution in [0.1, 0.15) is 41.5 Å². The molecule has 1 amide bonds. The molecule has 3 rings (SSSR count). The van der Waals surface area contributed by atoms with E-state index in [-0.39, 0.29) is 30.7 Å². The summed E-state index contributed by atoms with van der Waals surface area (Å²) in [5.74, 6) is 1.50. The number of piperidine rings is 1. The highest BCUT2D eigenvalue weighted by molar-refractivity contribution is 5.94. The fourth-order valence-electron chi connectivity index (χ4n) is 3.37. The van der Waals surface area contributed by atoms with Crippen LogP contribution >= 0.6 is 24.8 Å². The van der Waals surface area contributed by atoms with E-state index < -0.39 is 0 Å². The summed E-state index contributed by atoms with van der Waals surface area (Å²) in [6.45, 7) is 9.80. The number of hydrogen-bond acceptors (Lipinski definition) is 4. The van der Waals surface area contributed by atoms with Gasteiger partial charge in [0.15, 0.2) is 5.82 Å². The van der Waals surface area contributed by atoms with Crippen LogP contribution in [0.15, 0.2) is 24.4 Å². The van der Waals surface area contributed by atoms with Crippen molar-refractivity contribution in [2.24, 2.45) is 5.92 Å². The normalized spacial score (nSPS) is 14.4.